The van der Waals surface area contributed by atoms with Gasteiger partial charge < -0.3 is 4.74 Å². The van der Waals surface area contributed by atoms with E-state index in [2.05, 4.69) is 13.8 Å². The van der Waals surface area contributed by atoms with Crippen LogP contribution in [-0.2, 0) is 0 Å². The molecule has 0 bridgehead atoms. The van der Waals surface area contributed by atoms with Crippen molar-refractivity contribution in [3.63, 3.8) is 0 Å². The van der Waals surface area contributed by atoms with Crippen LogP contribution in [0, 0.1) is 0 Å². The van der Waals surface area contributed by atoms with Crippen molar-refractivity contribution in [2.24, 2.45) is 0 Å². The summed E-state index contributed by atoms with van der Waals surface area (Å²) in [7, 11) is 0. The van der Waals surface area contributed by atoms with Crippen molar-refractivity contribution >= 4 is 5.69 Å². The number of hydrogen-bond donors (Lipinski definition) is 2. The summed E-state index contributed by atoms with van der Waals surface area (Å²) in [6.07, 6.45) is 0. The van der Waals surface area contributed by atoms with Gasteiger partial charge in [-0.3, -0.25) is 10.4 Å². The van der Waals surface area contributed by atoms with Gasteiger partial charge in [-0.25, -0.2) is 0 Å². The molecule has 0 aliphatic carbocycles. The van der Waals surface area contributed by atoms with Crippen LogP contribution in [0.1, 0.15) is 25.3 Å². The number of anilines is 1. The van der Waals surface area contributed by atoms with Crippen LogP contribution < -0.4 is 9.96 Å². The van der Waals surface area contributed by atoms with Crippen LogP contribution in [0.25, 0.3) is 0 Å². The summed E-state index contributed by atoms with van der Waals surface area (Å²) in [6.45, 7) is 4.29. The maximum atomic E-state index is 8.83. The van der Waals surface area contributed by atoms with Gasteiger partial charge in [0.25, 0.3) is 0 Å². The number of benzene rings is 2. The van der Waals surface area contributed by atoms with E-state index in [9.17, 15) is 0 Å². The van der Waals surface area contributed by atoms with Gasteiger partial charge in [0.15, 0.2) is 0 Å². The summed E-state index contributed by atoms with van der Waals surface area (Å²) in [5, 5.41) is 17.7. The zero-order chi connectivity index (χ0) is 13.8. The normalized spacial score (nSPS) is 10.6. The Kier molecular flexibility index (Phi) is 4.04. The molecule has 0 aromatic heterocycles. The number of ether oxygens (including phenoxy) is 1. The third kappa shape index (κ3) is 3.47. The Morgan fingerprint density at radius 3 is 1.74 bits per heavy atom. The lowest BCUT2D eigenvalue weighted by Gasteiger charge is -2.10. The first-order chi connectivity index (χ1) is 9.06. The molecule has 0 aliphatic rings. The highest BCUT2D eigenvalue weighted by atomic mass is 16.8. The Morgan fingerprint density at radius 1 is 0.842 bits per heavy atom. The van der Waals surface area contributed by atoms with E-state index in [-0.39, 0.29) is 10.9 Å². The first-order valence-corrected chi connectivity index (χ1v) is 6.12. The minimum Gasteiger partial charge on any atom is -0.457 e. The number of hydrogen-bond acceptors (Lipinski definition) is 4. The Hall–Kier alpha value is -2.04. The molecule has 0 aliphatic heterocycles. The molecule has 2 rings (SSSR count). The lowest BCUT2D eigenvalue weighted by Crippen LogP contribution is -2.10. The number of nitrogens with zero attached hydrogens (tertiary/aromatic N) is 1. The molecule has 2 aromatic rings. The molecule has 2 N–H and O–H groups in total. The molecule has 0 radical (unpaired) electrons. The highest BCUT2D eigenvalue weighted by molar-refractivity contribution is 5.45. The third-order valence-electron chi connectivity index (χ3n) is 2.85. The van der Waals surface area contributed by atoms with Crippen LogP contribution >= 0.6 is 0 Å². The van der Waals surface area contributed by atoms with Crippen LogP contribution in [-0.4, -0.2) is 10.4 Å². The Bertz CT molecular complexity index is 469. The van der Waals surface area contributed by atoms with Crippen molar-refractivity contribution in [1.82, 2.24) is 0 Å². The summed E-state index contributed by atoms with van der Waals surface area (Å²) in [4.78, 5) is 0. The fourth-order valence-electron chi connectivity index (χ4n) is 1.70. The van der Waals surface area contributed by atoms with Crippen molar-refractivity contribution < 1.29 is 15.2 Å². The molecule has 0 spiro atoms. The molecule has 2 aromatic carbocycles. The van der Waals surface area contributed by atoms with Crippen LogP contribution in [0.5, 0.6) is 11.5 Å². The molecule has 4 heteroatoms. The highest BCUT2D eigenvalue weighted by Gasteiger charge is 2.02. The van der Waals surface area contributed by atoms with Gasteiger partial charge in [0.1, 0.15) is 11.5 Å². The summed E-state index contributed by atoms with van der Waals surface area (Å²) in [5.41, 5.74) is 1.54. The third-order valence-corrected chi connectivity index (χ3v) is 2.85. The predicted octanol–water partition coefficient (Wildman–Crippen LogP) is 4.19. The van der Waals surface area contributed by atoms with Gasteiger partial charge in [0.05, 0.1) is 5.69 Å². The molecular weight excluding hydrogens is 242 g/mol. The van der Waals surface area contributed by atoms with Crippen LogP contribution in [0.4, 0.5) is 5.69 Å². The second kappa shape index (κ2) is 5.73. The van der Waals surface area contributed by atoms with E-state index in [0.29, 0.717) is 11.7 Å². The van der Waals surface area contributed by atoms with E-state index in [1.54, 1.807) is 24.3 Å². The average Bonchev–Trinajstić information content (AvgIpc) is 2.40. The van der Waals surface area contributed by atoms with E-state index in [1.165, 1.54) is 5.56 Å². The van der Waals surface area contributed by atoms with Crippen molar-refractivity contribution in [1.29, 1.82) is 0 Å². The van der Waals surface area contributed by atoms with Crippen molar-refractivity contribution in [3.8, 4) is 11.5 Å². The molecule has 19 heavy (non-hydrogen) atoms. The largest absolute Gasteiger partial charge is 0.457 e. The number of rotatable bonds is 4. The van der Waals surface area contributed by atoms with Gasteiger partial charge in [-0.2, -0.15) is 0 Å². The molecule has 100 valence electrons. The van der Waals surface area contributed by atoms with Gasteiger partial charge >= 0.3 is 0 Å². The maximum Gasteiger partial charge on any atom is 0.127 e. The Balaban J connectivity index is 2.08. The smallest absolute Gasteiger partial charge is 0.127 e. The molecular formula is C15H17NO3. The zero-order valence-corrected chi connectivity index (χ0v) is 10.9. The van der Waals surface area contributed by atoms with Crippen molar-refractivity contribution in [2.75, 3.05) is 5.23 Å². The molecule has 0 heterocycles. The van der Waals surface area contributed by atoms with Crippen molar-refractivity contribution in [3.05, 3.63) is 54.1 Å². The summed E-state index contributed by atoms with van der Waals surface area (Å²) >= 11 is 0. The van der Waals surface area contributed by atoms with E-state index in [1.807, 2.05) is 24.3 Å². The summed E-state index contributed by atoms with van der Waals surface area (Å²) in [5.74, 6) is 1.89. The van der Waals surface area contributed by atoms with Gasteiger partial charge in [0.2, 0.25) is 0 Å². The van der Waals surface area contributed by atoms with Gasteiger partial charge in [-0.05, 0) is 47.9 Å². The second-order valence-corrected chi connectivity index (χ2v) is 4.61. The van der Waals surface area contributed by atoms with Crippen LogP contribution in [0.15, 0.2) is 48.5 Å². The SMILES string of the molecule is CC(C)c1ccc(Oc2ccc(N(O)O)cc2)cc1. The van der Waals surface area contributed by atoms with E-state index < -0.39 is 0 Å². The average molecular weight is 259 g/mol. The maximum absolute atomic E-state index is 8.83. The first kappa shape index (κ1) is 13.4. The topological polar surface area (TPSA) is 52.9 Å². The minimum absolute atomic E-state index is 0.0706. The predicted molar refractivity (Wildman–Crippen MR) is 73.1 cm³/mol. The van der Waals surface area contributed by atoms with E-state index in [4.69, 9.17) is 15.2 Å². The quantitative estimate of drug-likeness (QED) is 0.808. The molecule has 0 amide bonds. The standard InChI is InChI=1S/C15H17NO3/c1-11(2)12-3-7-14(8-4-12)19-15-9-5-13(6-10-15)16(17)18/h3-11,17-18H,1-2H3. The summed E-state index contributed by atoms with van der Waals surface area (Å²) < 4.78 is 5.67. The lowest BCUT2D eigenvalue weighted by atomic mass is 10.0. The van der Waals surface area contributed by atoms with Crippen LogP contribution in [0.3, 0.4) is 0 Å². The molecule has 0 saturated carbocycles. The Labute approximate surface area is 112 Å². The minimum atomic E-state index is 0.0706. The van der Waals surface area contributed by atoms with E-state index >= 15 is 0 Å². The molecule has 0 fully saturated rings. The monoisotopic (exact) mass is 259 g/mol. The molecule has 4 nitrogen and oxygen atoms in total. The zero-order valence-electron chi connectivity index (χ0n) is 10.9. The lowest BCUT2D eigenvalue weighted by molar-refractivity contribution is 0.0291. The van der Waals surface area contributed by atoms with Crippen molar-refractivity contribution in [2.45, 2.75) is 19.8 Å². The fourth-order valence-corrected chi connectivity index (χ4v) is 1.70. The van der Waals surface area contributed by atoms with E-state index in [0.717, 1.165) is 5.75 Å². The van der Waals surface area contributed by atoms with Crippen LogP contribution in [0.2, 0.25) is 0 Å². The highest BCUT2D eigenvalue weighted by Crippen LogP contribution is 2.25. The Morgan fingerprint density at radius 2 is 1.32 bits per heavy atom. The summed E-state index contributed by atoms with van der Waals surface area (Å²) in [6, 6.07) is 14.4. The van der Waals surface area contributed by atoms with Gasteiger partial charge in [-0.15, -0.1) is 5.23 Å². The molecule has 0 saturated heterocycles. The second-order valence-electron chi connectivity index (χ2n) is 4.61. The van der Waals surface area contributed by atoms with Gasteiger partial charge in [0, 0.05) is 0 Å². The van der Waals surface area contributed by atoms with Gasteiger partial charge in [-0.1, -0.05) is 26.0 Å². The fraction of sp³-hybridized carbons (Fsp3) is 0.200. The molecule has 0 atom stereocenters. The first-order valence-electron chi connectivity index (χ1n) is 6.12. The molecule has 0 unspecified atom stereocenters.